The monoisotopic (exact) mass is 353 g/mol. The molecule has 0 atom stereocenters. The molecule has 3 rings (SSSR count). The van der Waals surface area contributed by atoms with Crippen LogP contribution in [0.3, 0.4) is 0 Å². The van der Waals surface area contributed by atoms with E-state index in [1.54, 1.807) is 14.2 Å². The highest BCUT2D eigenvalue weighted by Crippen LogP contribution is 2.27. The fraction of sp³-hybridized carbons (Fsp3) is 0.300. The Bertz CT molecular complexity index is 861. The highest BCUT2D eigenvalue weighted by molar-refractivity contribution is 5.53. The molecular formula is C20H23N3O3. The van der Waals surface area contributed by atoms with Gasteiger partial charge in [-0.2, -0.15) is 0 Å². The molecule has 3 aromatic rings. The summed E-state index contributed by atoms with van der Waals surface area (Å²) in [5.74, 6) is 2.60. The van der Waals surface area contributed by atoms with E-state index in [2.05, 4.69) is 15.5 Å². The fourth-order valence-electron chi connectivity index (χ4n) is 2.68. The molecule has 0 radical (unpaired) electrons. The van der Waals surface area contributed by atoms with Crippen molar-refractivity contribution >= 4 is 0 Å². The molecule has 0 aliphatic heterocycles. The first kappa shape index (κ1) is 17.9. The lowest BCUT2D eigenvalue weighted by Crippen LogP contribution is -2.16. The Morgan fingerprint density at radius 3 is 2.62 bits per heavy atom. The van der Waals surface area contributed by atoms with Crippen LogP contribution in [-0.2, 0) is 13.0 Å². The van der Waals surface area contributed by atoms with Crippen molar-refractivity contribution in [3.8, 4) is 23.0 Å². The Kier molecular flexibility index (Phi) is 5.86. The smallest absolute Gasteiger partial charge is 0.247 e. The van der Waals surface area contributed by atoms with Gasteiger partial charge >= 0.3 is 0 Å². The number of benzene rings is 2. The molecule has 0 aliphatic rings. The molecule has 1 heterocycles. The maximum atomic E-state index is 5.72. The second-order valence-electron chi connectivity index (χ2n) is 5.99. The molecule has 0 spiro atoms. The molecule has 0 saturated heterocycles. The summed E-state index contributed by atoms with van der Waals surface area (Å²) in [4.78, 5) is 0. The Morgan fingerprint density at radius 2 is 1.85 bits per heavy atom. The molecule has 0 bridgehead atoms. The highest BCUT2D eigenvalue weighted by Gasteiger charge is 2.08. The number of rotatable bonds is 8. The topological polar surface area (TPSA) is 69.4 Å². The van der Waals surface area contributed by atoms with Crippen LogP contribution >= 0.6 is 0 Å². The number of ether oxygens (including phenoxy) is 2. The van der Waals surface area contributed by atoms with Crippen LogP contribution in [0, 0.1) is 6.92 Å². The zero-order valence-electron chi connectivity index (χ0n) is 15.3. The van der Waals surface area contributed by atoms with Crippen LogP contribution < -0.4 is 14.8 Å². The van der Waals surface area contributed by atoms with Crippen LogP contribution in [0.1, 0.15) is 17.0 Å². The van der Waals surface area contributed by atoms with Gasteiger partial charge in [-0.3, -0.25) is 0 Å². The molecule has 0 saturated carbocycles. The Hall–Kier alpha value is -2.86. The van der Waals surface area contributed by atoms with Gasteiger partial charge in [-0.25, -0.2) is 0 Å². The first-order valence-corrected chi connectivity index (χ1v) is 8.50. The lowest BCUT2D eigenvalue weighted by atomic mass is 10.1. The Balaban J connectivity index is 1.51. The zero-order valence-corrected chi connectivity index (χ0v) is 15.3. The summed E-state index contributed by atoms with van der Waals surface area (Å²) in [6.45, 7) is 3.36. The second-order valence-corrected chi connectivity index (χ2v) is 5.99. The van der Waals surface area contributed by atoms with Gasteiger partial charge in [-0.05, 0) is 49.7 Å². The van der Waals surface area contributed by atoms with E-state index < -0.39 is 0 Å². The van der Waals surface area contributed by atoms with Crippen LogP contribution in [0.5, 0.6) is 11.5 Å². The van der Waals surface area contributed by atoms with Crippen LogP contribution in [0.15, 0.2) is 46.9 Å². The van der Waals surface area contributed by atoms with Crippen LogP contribution in [0.2, 0.25) is 0 Å². The Morgan fingerprint density at radius 1 is 1.00 bits per heavy atom. The number of nitrogens with zero attached hydrogens (tertiary/aromatic N) is 2. The molecule has 0 unspecified atom stereocenters. The van der Waals surface area contributed by atoms with E-state index in [-0.39, 0.29) is 0 Å². The maximum Gasteiger partial charge on any atom is 0.247 e. The third-order valence-electron chi connectivity index (χ3n) is 4.05. The van der Waals surface area contributed by atoms with Gasteiger partial charge in [0, 0.05) is 5.56 Å². The van der Waals surface area contributed by atoms with Crippen molar-refractivity contribution in [1.29, 1.82) is 0 Å². The number of hydrogen-bond acceptors (Lipinski definition) is 6. The van der Waals surface area contributed by atoms with Gasteiger partial charge in [0.2, 0.25) is 11.8 Å². The molecule has 0 fully saturated rings. The minimum absolute atomic E-state index is 0.534. The van der Waals surface area contributed by atoms with E-state index in [1.165, 1.54) is 5.56 Å². The predicted molar refractivity (Wildman–Crippen MR) is 99.4 cm³/mol. The summed E-state index contributed by atoms with van der Waals surface area (Å²) < 4.78 is 16.3. The van der Waals surface area contributed by atoms with Gasteiger partial charge < -0.3 is 19.2 Å². The van der Waals surface area contributed by atoms with Crippen molar-refractivity contribution in [1.82, 2.24) is 15.5 Å². The van der Waals surface area contributed by atoms with Gasteiger partial charge in [-0.1, -0.05) is 23.8 Å². The second kappa shape index (κ2) is 8.49. The summed E-state index contributed by atoms with van der Waals surface area (Å²) in [6.07, 6.45) is 0.860. The number of hydrogen-bond donors (Lipinski definition) is 1. The maximum absolute atomic E-state index is 5.72. The van der Waals surface area contributed by atoms with Crippen molar-refractivity contribution in [2.45, 2.75) is 19.9 Å². The largest absolute Gasteiger partial charge is 0.493 e. The normalized spacial score (nSPS) is 10.7. The lowest BCUT2D eigenvalue weighted by molar-refractivity contribution is 0.354. The molecule has 26 heavy (non-hydrogen) atoms. The molecule has 136 valence electrons. The number of nitrogens with one attached hydrogen (secondary N) is 1. The standard InChI is InChI=1S/C20H23N3O3/c1-14-5-4-6-16(11-14)20-23-22-19(26-20)13-21-10-9-15-7-8-17(24-2)18(12-15)25-3/h4-8,11-12,21H,9-10,13H2,1-3H3. The highest BCUT2D eigenvalue weighted by atomic mass is 16.5. The van der Waals surface area contributed by atoms with Crippen molar-refractivity contribution in [2.75, 3.05) is 20.8 Å². The van der Waals surface area contributed by atoms with Crippen LogP contribution in [0.25, 0.3) is 11.5 Å². The van der Waals surface area contributed by atoms with E-state index in [0.29, 0.717) is 18.3 Å². The van der Waals surface area contributed by atoms with Crippen molar-refractivity contribution in [2.24, 2.45) is 0 Å². The molecule has 0 amide bonds. The van der Waals surface area contributed by atoms with E-state index >= 15 is 0 Å². The number of methoxy groups -OCH3 is 2. The van der Waals surface area contributed by atoms with Gasteiger partial charge in [0.15, 0.2) is 11.5 Å². The predicted octanol–water partition coefficient (Wildman–Crippen LogP) is 3.39. The molecule has 1 aromatic heterocycles. The number of aryl methyl sites for hydroxylation is 1. The third-order valence-corrected chi connectivity index (χ3v) is 4.05. The summed E-state index contributed by atoms with van der Waals surface area (Å²) in [5.41, 5.74) is 3.27. The zero-order chi connectivity index (χ0) is 18.4. The first-order valence-electron chi connectivity index (χ1n) is 8.50. The van der Waals surface area contributed by atoms with Gasteiger partial charge in [0.25, 0.3) is 0 Å². The summed E-state index contributed by atoms with van der Waals surface area (Å²) in [7, 11) is 3.27. The number of aromatic nitrogens is 2. The molecule has 1 N–H and O–H groups in total. The summed E-state index contributed by atoms with van der Waals surface area (Å²) >= 11 is 0. The average Bonchev–Trinajstić information content (AvgIpc) is 3.14. The Labute approximate surface area is 153 Å². The molecule has 2 aromatic carbocycles. The average molecular weight is 353 g/mol. The summed E-state index contributed by atoms with van der Waals surface area (Å²) in [5, 5.41) is 11.5. The van der Waals surface area contributed by atoms with Crippen molar-refractivity contribution < 1.29 is 13.9 Å². The van der Waals surface area contributed by atoms with Crippen LogP contribution in [0.4, 0.5) is 0 Å². The van der Waals surface area contributed by atoms with Gasteiger partial charge in [-0.15, -0.1) is 10.2 Å². The van der Waals surface area contributed by atoms with Crippen molar-refractivity contribution in [3.05, 3.63) is 59.5 Å². The minimum atomic E-state index is 0.534. The van der Waals surface area contributed by atoms with Crippen molar-refractivity contribution in [3.63, 3.8) is 0 Å². The fourth-order valence-corrected chi connectivity index (χ4v) is 2.68. The van der Waals surface area contributed by atoms with E-state index in [4.69, 9.17) is 13.9 Å². The minimum Gasteiger partial charge on any atom is -0.493 e. The first-order chi connectivity index (χ1) is 12.7. The van der Waals surface area contributed by atoms with E-state index in [0.717, 1.165) is 35.6 Å². The van der Waals surface area contributed by atoms with Crippen LogP contribution in [-0.4, -0.2) is 31.0 Å². The third kappa shape index (κ3) is 4.40. The van der Waals surface area contributed by atoms with E-state index in [1.807, 2.05) is 49.4 Å². The van der Waals surface area contributed by atoms with E-state index in [9.17, 15) is 0 Å². The SMILES string of the molecule is COc1ccc(CCNCc2nnc(-c3cccc(C)c3)o2)cc1OC. The molecule has 6 heteroatoms. The summed E-state index contributed by atoms with van der Waals surface area (Å²) in [6, 6.07) is 14.0. The lowest BCUT2D eigenvalue weighted by Gasteiger charge is -2.09. The molecule has 6 nitrogen and oxygen atoms in total. The van der Waals surface area contributed by atoms with Gasteiger partial charge in [0.05, 0.1) is 20.8 Å². The molecular weight excluding hydrogens is 330 g/mol. The molecule has 0 aliphatic carbocycles. The quantitative estimate of drug-likeness (QED) is 0.626. The van der Waals surface area contributed by atoms with Gasteiger partial charge in [0.1, 0.15) is 0 Å².